The second kappa shape index (κ2) is 12.1. The van der Waals surface area contributed by atoms with Crippen LogP contribution in [0.4, 0.5) is 15.0 Å². The van der Waals surface area contributed by atoms with E-state index in [4.69, 9.17) is 0 Å². The summed E-state index contributed by atoms with van der Waals surface area (Å²) in [6.45, 7) is 16.8. The monoisotopic (exact) mass is 605 g/mol. The molecular formula is C30H44FN5O5S. The van der Waals surface area contributed by atoms with Crippen molar-refractivity contribution in [2.45, 2.75) is 90.6 Å². The van der Waals surface area contributed by atoms with Crippen LogP contribution in [0, 0.1) is 23.2 Å². The zero-order valence-corrected chi connectivity index (χ0v) is 26.6. The molecule has 3 heterocycles. The number of carboxylic acid groups (broad SMARTS) is 1. The summed E-state index contributed by atoms with van der Waals surface area (Å²) in [5.41, 5.74) is -0.913. The number of nitrogens with zero attached hydrogens (tertiary/aromatic N) is 3. The molecule has 1 saturated heterocycles. The van der Waals surface area contributed by atoms with Gasteiger partial charge >= 0.3 is 6.09 Å². The Labute approximate surface area is 248 Å². The molecule has 3 N–H and O–H groups in total. The van der Waals surface area contributed by atoms with Crippen LogP contribution in [0.3, 0.4) is 0 Å². The summed E-state index contributed by atoms with van der Waals surface area (Å²) < 4.78 is 42.5. The Morgan fingerprint density at radius 3 is 2.33 bits per heavy atom. The number of anilines is 1. The number of sulfonamides is 1. The molecule has 0 spiro atoms. The van der Waals surface area contributed by atoms with Crippen molar-refractivity contribution >= 4 is 27.8 Å². The van der Waals surface area contributed by atoms with E-state index in [9.17, 15) is 27.5 Å². The highest BCUT2D eigenvalue weighted by molar-refractivity contribution is 7.90. The molecule has 10 nitrogen and oxygen atoms in total. The third-order valence-corrected chi connectivity index (χ3v) is 8.65. The van der Waals surface area contributed by atoms with Gasteiger partial charge in [0.2, 0.25) is 5.95 Å². The number of amides is 2. The Balaban J connectivity index is 1.72. The molecular weight excluding hydrogens is 561 g/mol. The van der Waals surface area contributed by atoms with Crippen LogP contribution in [0.15, 0.2) is 35.4 Å². The van der Waals surface area contributed by atoms with E-state index in [1.165, 1.54) is 29.2 Å². The maximum atomic E-state index is 14.6. The SMILES string of the molecule is CC(C)(C)CC(CNc1cccc(S(=O)(=O)NC(=O)c2ccc(C(C)(C)C)nc2F)n1)C[C@@H]1CN(C(=O)O)C(C)(C)C1. The van der Waals surface area contributed by atoms with Gasteiger partial charge in [-0.15, -0.1) is 0 Å². The van der Waals surface area contributed by atoms with Crippen molar-refractivity contribution in [3.8, 4) is 0 Å². The topological polar surface area (TPSA) is 142 Å². The Morgan fingerprint density at radius 2 is 1.79 bits per heavy atom. The van der Waals surface area contributed by atoms with Gasteiger partial charge in [-0.3, -0.25) is 4.79 Å². The summed E-state index contributed by atoms with van der Waals surface area (Å²) in [5.74, 6) is -1.51. The first-order valence-electron chi connectivity index (χ1n) is 14.1. The second-order valence-corrected chi connectivity index (χ2v) is 15.7. The molecule has 3 rings (SSSR count). The normalized spacial score (nSPS) is 18.0. The van der Waals surface area contributed by atoms with Crippen LogP contribution in [0.25, 0.3) is 0 Å². The smallest absolute Gasteiger partial charge is 0.407 e. The third kappa shape index (κ3) is 8.62. The van der Waals surface area contributed by atoms with Crippen molar-refractivity contribution in [2.24, 2.45) is 17.3 Å². The number of halogens is 1. The van der Waals surface area contributed by atoms with E-state index < -0.39 is 44.5 Å². The summed E-state index contributed by atoms with van der Waals surface area (Å²) >= 11 is 0. The van der Waals surface area contributed by atoms with E-state index in [0.29, 0.717) is 24.6 Å². The van der Waals surface area contributed by atoms with E-state index in [-0.39, 0.29) is 22.3 Å². The minimum atomic E-state index is -4.40. The predicted octanol–water partition coefficient (Wildman–Crippen LogP) is 5.66. The van der Waals surface area contributed by atoms with Crippen molar-refractivity contribution in [1.82, 2.24) is 19.6 Å². The molecule has 2 aromatic rings. The largest absolute Gasteiger partial charge is 0.465 e. The molecule has 1 unspecified atom stereocenters. The minimum Gasteiger partial charge on any atom is -0.465 e. The van der Waals surface area contributed by atoms with Gasteiger partial charge in [-0.1, -0.05) is 47.6 Å². The fourth-order valence-corrected chi connectivity index (χ4v) is 6.56. The second-order valence-electron chi connectivity index (χ2n) is 14.1. The van der Waals surface area contributed by atoms with Crippen LogP contribution >= 0.6 is 0 Å². The number of rotatable bonds is 9. The third-order valence-electron chi connectivity index (χ3n) is 7.42. The molecule has 1 aliphatic heterocycles. The van der Waals surface area contributed by atoms with Crippen molar-refractivity contribution in [2.75, 3.05) is 18.4 Å². The number of hydrogen-bond acceptors (Lipinski definition) is 7. The number of likely N-dealkylation sites (tertiary alicyclic amines) is 1. The van der Waals surface area contributed by atoms with Gasteiger partial charge in [0.05, 0.1) is 5.56 Å². The lowest BCUT2D eigenvalue weighted by molar-refractivity contribution is 0.0975. The lowest BCUT2D eigenvalue weighted by Gasteiger charge is -2.28. The molecule has 0 bridgehead atoms. The van der Waals surface area contributed by atoms with Crippen LogP contribution in [-0.4, -0.2) is 59.0 Å². The number of nitrogens with one attached hydrogen (secondary N) is 2. The quantitative estimate of drug-likeness (QED) is 0.311. The van der Waals surface area contributed by atoms with Crippen LogP contribution < -0.4 is 10.0 Å². The number of carbonyl (C=O) groups is 2. The Hall–Kier alpha value is -3.28. The van der Waals surface area contributed by atoms with Gasteiger partial charge in [0, 0.05) is 29.7 Å². The van der Waals surface area contributed by atoms with Gasteiger partial charge in [0.15, 0.2) is 5.03 Å². The summed E-state index contributed by atoms with van der Waals surface area (Å²) in [5, 5.41) is 12.5. The molecule has 2 amide bonds. The molecule has 0 aliphatic carbocycles. The maximum absolute atomic E-state index is 14.6. The summed E-state index contributed by atoms with van der Waals surface area (Å²) in [4.78, 5) is 33.9. The number of carbonyl (C=O) groups excluding carboxylic acids is 1. The predicted molar refractivity (Wildman–Crippen MR) is 159 cm³/mol. The standard InChI is InChI=1S/C30H44FN5O5S/c1-28(2,3)15-19(14-20-16-30(7,8)36(18-20)27(38)39)17-32-23-10-9-11-24(34-23)42(40,41)35-26(37)21-12-13-22(29(4,5)6)33-25(21)31/h9-13,19-20H,14-18H2,1-8H3,(H,32,34)(H,35,37)(H,38,39)/t19?,20-/m0/s1. The molecule has 1 fully saturated rings. The Kier molecular flexibility index (Phi) is 9.61. The van der Waals surface area contributed by atoms with Crippen molar-refractivity contribution < 1.29 is 27.5 Å². The highest BCUT2D eigenvalue weighted by Gasteiger charge is 2.42. The van der Waals surface area contributed by atoms with Gasteiger partial charge in [-0.05, 0) is 74.6 Å². The molecule has 0 radical (unpaired) electrons. The number of hydrogen-bond donors (Lipinski definition) is 3. The van der Waals surface area contributed by atoms with Crippen LogP contribution in [0.1, 0.15) is 90.7 Å². The van der Waals surface area contributed by atoms with Gasteiger partial charge in [-0.2, -0.15) is 12.8 Å². The molecule has 2 aromatic heterocycles. The molecule has 12 heteroatoms. The summed E-state index contributed by atoms with van der Waals surface area (Å²) in [6.07, 6.45) is 1.52. The average Bonchev–Trinajstić information content (AvgIpc) is 3.14. The highest BCUT2D eigenvalue weighted by Crippen LogP contribution is 2.38. The fourth-order valence-electron chi connectivity index (χ4n) is 5.62. The van der Waals surface area contributed by atoms with E-state index in [1.807, 2.05) is 39.3 Å². The minimum absolute atomic E-state index is 0.0189. The zero-order chi connectivity index (χ0) is 31.7. The van der Waals surface area contributed by atoms with E-state index in [0.717, 1.165) is 19.3 Å². The molecule has 232 valence electrons. The van der Waals surface area contributed by atoms with E-state index >= 15 is 0 Å². The average molecular weight is 606 g/mol. The van der Waals surface area contributed by atoms with E-state index in [1.54, 1.807) is 6.07 Å². The summed E-state index contributed by atoms with van der Waals surface area (Å²) in [6, 6.07) is 7.11. The lowest BCUT2D eigenvalue weighted by atomic mass is 9.79. The molecule has 42 heavy (non-hydrogen) atoms. The Bertz CT molecular complexity index is 1420. The van der Waals surface area contributed by atoms with Gasteiger partial charge in [0.1, 0.15) is 5.82 Å². The molecule has 0 saturated carbocycles. The summed E-state index contributed by atoms with van der Waals surface area (Å²) in [7, 11) is -4.40. The zero-order valence-electron chi connectivity index (χ0n) is 25.8. The highest BCUT2D eigenvalue weighted by atomic mass is 32.2. The van der Waals surface area contributed by atoms with Crippen molar-refractivity contribution in [3.05, 3.63) is 47.5 Å². The number of aromatic nitrogens is 2. The molecule has 1 aliphatic rings. The van der Waals surface area contributed by atoms with Crippen LogP contribution in [-0.2, 0) is 15.4 Å². The van der Waals surface area contributed by atoms with Gasteiger partial charge in [-0.25, -0.2) is 19.5 Å². The lowest BCUT2D eigenvalue weighted by Crippen LogP contribution is -2.41. The first-order chi connectivity index (χ1) is 19.2. The first-order valence-corrected chi connectivity index (χ1v) is 15.6. The first kappa shape index (κ1) is 33.2. The van der Waals surface area contributed by atoms with Gasteiger partial charge in [0.25, 0.3) is 15.9 Å². The van der Waals surface area contributed by atoms with Crippen LogP contribution in [0.2, 0.25) is 0 Å². The Morgan fingerprint density at radius 1 is 1.12 bits per heavy atom. The van der Waals surface area contributed by atoms with Crippen molar-refractivity contribution in [1.29, 1.82) is 0 Å². The van der Waals surface area contributed by atoms with Gasteiger partial charge < -0.3 is 15.3 Å². The number of pyridine rings is 2. The van der Waals surface area contributed by atoms with E-state index in [2.05, 4.69) is 36.1 Å². The molecule has 0 aromatic carbocycles. The molecule has 2 atom stereocenters. The van der Waals surface area contributed by atoms with Crippen LogP contribution in [0.5, 0.6) is 0 Å². The fraction of sp³-hybridized carbons (Fsp3) is 0.600. The van der Waals surface area contributed by atoms with Crippen molar-refractivity contribution in [3.63, 3.8) is 0 Å². The maximum Gasteiger partial charge on any atom is 0.407 e.